The Morgan fingerprint density at radius 3 is 2.44 bits per heavy atom. The molecule has 1 aromatic heterocycles. The van der Waals surface area contributed by atoms with Gasteiger partial charge in [-0.05, 0) is 31.4 Å². The van der Waals surface area contributed by atoms with Crippen molar-refractivity contribution in [1.29, 1.82) is 0 Å². The molecule has 0 fully saturated rings. The number of halogens is 3. The molecule has 0 aliphatic carbocycles. The van der Waals surface area contributed by atoms with Crippen LogP contribution < -0.4 is 0 Å². The van der Waals surface area contributed by atoms with Crippen LogP contribution in [0, 0.1) is 16.0 Å². The second-order valence-electron chi connectivity index (χ2n) is 6.49. The predicted octanol–water partition coefficient (Wildman–Crippen LogP) is 4.72. The molecule has 25 heavy (non-hydrogen) atoms. The third-order valence-corrected chi connectivity index (χ3v) is 4.46. The molecule has 0 amide bonds. The Balaban J connectivity index is 2.60. The van der Waals surface area contributed by atoms with Crippen LogP contribution >= 0.6 is 12.2 Å². The summed E-state index contributed by atoms with van der Waals surface area (Å²) in [6, 6.07) is 2.91. The molecular formula is C16H17F3N2O3S. The van der Waals surface area contributed by atoms with Crippen LogP contribution in [-0.4, -0.2) is 19.9 Å². The molecule has 0 spiro atoms. The molecule has 0 saturated heterocycles. The summed E-state index contributed by atoms with van der Waals surface area (Å²) in [5.41, 5.74) is -3.70. The Labute approximate surface area is 147 Å². The molecule has 0 bridgehead atoms. The highest BCUT2D eigenvalue weighted by atomic mass is 32.1. The van der Waals surface area contributed by atoms with Crippen LogP contribution in [-0.2, 0) is 11.8 Å². The van der Waals surface area contributed by atoms with Gasteiger partial charge in [0.1, 0.15) is 11.2 Å². The summed E-state index contributed by atoms with van der Waals surface area (Å²) < 4.78 is 39.2. The summed E-state index contributed by atoms with van der Waals surface area (Å²) in [5.74, 6) is 0.196. The first kappa shape index (κ1) is 19.3. The summed E-state index contributed by atoms with van der Waals surface area (Å²) in [4.78, 5) is 12.9. The van der Waals surface area contributed by atoms with Gasteiger partial charge in [-0.25, -0.2) is 0 Å². The number of H-pyrrole nitrogens is 1. The molecule has 0 aliphatic heterocycles. The Bertz CT molecular complexity index is 841. The molecule has 9 heteroatoms. The van der Waals surface area contributed by atoms with E-state index in [2.05, 4.69) is 4.98 Å². The number of benzene rings is 1. The zero-order valence-corrected chi connectivity index (χ0v) is 14.6. The number of nitrogens with one attached hydrogen (secondary N) is 1. The van der Waals surface area contributed by atoms with E-state index >= 15 is 0 Å². The van der Waals surface area contributed by atoms with Crippen LogP contribution in [0.25, 0.3) is 10.9 Å². The van der Waals surface area contributed by atoms with Crippen LogP contribution in [0.15, 0.2) is 18.2 Å². The van der Waals surface area contributed by atoms with Gasteiger partial charge in [-0.2, -0.15) is 13.2 Å². The minimum absolute atomic E-state index is 0.0422. The molecule has 2 aromatic rings. The van der Waals surface area contributed by atoms with E-state index in [-0.39, 0.29) is 22.5 Å². The fraction of sp³-hybridized carbons (Fsp3) is 0.438. The first-order chi connectivity index (χ1) is 11.3. The lowest BCUT2D eigenvalue weighted by molar-refractivity contribution is -0.387. The molecule has 2 N–H and O–H groups in total. The number of alkyl halides is 3. The summed E-state index contributed by atoms with van der Waals surface area (Å²) >= 11 is 5.25. The van der Waals surface area contributed by atoms with Gasteiger partial charge < -0.3 is 10.1 Å². The van der Waals surface area contributed by atoms with E-state index in [1.54, 1.807) is 0 Å². The molecule has 0 saturated carbocycles. The van der Waals surface area contributed by atoms with Crippen molar-refractivity contribution in [2.75, 3.05) is 0 Å². The number of fused-ring (bicyclic) bond motifs is 1. The van der Waals surface area contributed by atoms with Crippen LogP contribution in [0.1, 0.15) is 38.4 Å². The Morgan fingerprint density at radius 1 is 1.36 bits per heavy atom. The Kier molecular flexibility index (Phi) is 4.93. The smallest absolute Gasteiger partial charge is 0.379 e. The molecule has 0 aliphatic rings. The van der Waals surface area contributed by atoms with E-state index in [0.29, 0.717) is 17.4 Å². The zero-order chi connectivity index (χ0) is 19.2. The largest absolute Gasteiger partial charge is 0.423 e. The predicted molar refractivity (Wildman–Crippen MR) is 91.6 cm³/mol. The number of thiocarbonyl (C=S) groups is 1. The Morgan fingerprint density at radius 2 is 1.96 bits per heavy atom. The molecule has 5 nitrogen and oxygen atoms in total. The van der Waals surface area contributed by atoms with E-state index in [1.807, 2.05) is 13.8 Å². The van der Waals surface area contributed by atoms with E-state index in [1.165, 1.54) is 13.0 Å². The second kappa shape index (κ2) is 6.38. The third kappa shape index (κ3) is 3.82. The van der Waals surface area contributed by atoms with Crippen molar-refractivity contribution >= 4 is 33.7 Å². The minimum atomic E-state index is -4.86. The third-order valence-electron chi connectivity index (χ3n) is 3.90. The van der Waals surface area contributed by atoms with Gasteiger partial charge in [0.15, 0.2) is 0 Å². The number of aromatic nitrogens is 1. The normalized spacial score (nSPS) is 14.7. The highest BCUT2D eigenvalue weighted by Gasteiger charge is 2.39. The number of hydrogen-bond acceptors (Lipinski definition) is 4. The number of nitro benzene ring substituents is 1. The van der Waals surface area contributed by atoms with Crippen molar-refractivity contribution in [3.63, 3.8) is 0 Å². The molecule has 136 valence electrons. The summed E-state index contributed by atoms with van der Waals surface area (Å²) in [6.45, 7) is 5.29. The van der Waals surface area contributed by atoms with E-state index in [4.69, 9.17) is 12.2 Å². The number of hydrogen-bond donors (Lipinski definition) is 2. The van der Waals surface area contributed by atoms with E-state index in [9.17, 15) is 28.4 Å². The van der Waals surface area contributed by atoms with Crippen LogP contribution in [0.5, 0.6) is 0 Å². The molecule has 1 aromatic carbocycles. The van der Waals surface area contributed by atoms with Crippen LogP contribution in [0.3, 0.4) is 0 Å². The van der Waals surface area contributed by atoms with Crippen molar-refractivity contribution in [2.24, 2.45) is 5.92 Å². The van der Waals surface area contributed by atoms with Gasteiger partial charge in [-0.15, -0.1) is 0 Å². The van der Waals surface area contributed by atoms with Gasteiger partial charge in [-0.1, -0.05) is 26.1 Å². The molecule has 2 rings (SSSR count). The lowest BCUT2D eigenvalue weighted by Crippen LogP contribution is -2.32. The van der Waals surface area contributed by atoms with Crippen molar-refractivity contribution in [2.45, 2.75) is 39.0 Å². The van der Waals surface area contributed by atoms with Gasteiger partial charge in [0, 0.05) is 21.8 Å². The summed E-state index contributed by atoms with van der Waals surface area (Å²) in [5, 5.41) is 21.9. The maximum Gasteiger partial charge on any atom is 0.423 e. The number of nitrogens with zero attached hydrogens (tertiary/aromatic N) is 1. The monoisotopic (exact) mass is 374 g/mol. The summed E-state index contributed by atoms with van der Waals surface area (Å²) in [6.07, 6.45) is -4.41. The maximum atomic E-state index is 13.1. The van der Waals surface area contributed by atoms with Crippen LogP contribution in [0.4, 0.5) is 18.9 Å². The van der Waals surface area contributed by atoms with Gasteiger partial charge in [0.2, 0.25) is 0 Å². The molecule has 1 unspecified atom stereocenters. The highest BCUT2D eigenvalue weighted by Crippen LogP contribution is 2.39. The fourth-order valence-electron chi connectivity index (χ4n) is 2.53. The maximum absolute atomic E-state index is 13.1. The van der Waals surface area contributed by atoms with Gasteiger partial charge in [-0.3, -0.25) is 10.1 Å². The SMILES string of the molecule is CC(C)CC(=S)C(C)(O)c1cc2cc([N+](=O)[O-])c(C(F)(F)F)cc2[nH]1. The van der Waals surface area contributed by atoms with Gasteiger partial charge >= 0.3 is 6.18 Å². The fourth-order valence-corrected chi connectivity index (χ4v) is 2.97. The van der Waals surface area contributed by atoms with Crippen LogP contribution in [0.2, 0.25) is 0 Å². The quantitative estimate of drug-likeness (QED) is 0.451. The molecule has 1 heterocycles. The topological polar surface area (TPSA) is 79.2 Å². The van der Waals surface area contributed by atoms with Crippen molar-refractivity contribution in [1.82, 2.24) is 4.98 Å². The summed E-state index contributed by atoms with van der Waals surface area (Å²) in [7, 11) is 0. The van der Waals surface area contributed by atoms with Crippen molar-refractivity contribution in [3.8, 4) is 0 Å². The second-order valence-corrected chi connectivity index (χ2v) is 6.98. The average molecular weight is 374 g/mol. The average Bonchev–Trinajstić information content (AvgIpc) is 2.87. The Hall–Kier alpha value is -2.00. The number of aromatic amines is 1. The van der Waals surface area contributed by atoms with Crippen molar-refractivity contribution < 1.29 is 23.2 Å². The van der Waals surface area contributed by atoms with E-state index < -0.39 is 28.0 Å². The minimum Gasteiger partial charge on any atom is -0.379 e. The standard InChI is InChI=1S/C16H17F3N2O3S/c1-8(2)4-14(25)15(3,22)13-6-9-5-12(21(23)24)10(16(17,18)19)7-11(9)20-13/h5-8,20,22H,4H2,1-3H3. The molecular weight excluding hydrogens is 357 g/mol. The highest BCUT2D eigenvalue weighted by molar-refractivity contribution is 7.80. The molecule has 0 radical (unpaired) electrons. The molecule has 1 atom stereocenters. The van der Waals surface area contributed by atoms with Crippen molar-refractivity contribution in [3.05, 3.63) is 39.6 Å². The number of nitro groups is 1. The zero-order valence-electron chi connectivity index (χ0n) is 13.8. The first-order valence-electron chi connectivity index (χ1n) is 7.48. The lowest BCUT2D eigenvalue weighted by atomic mass is 9.92. The van der Waals surface area contributed by atoms with Gasteiger partial charge in [0.25, 0.3) is 5.69 Å². The first-order valence-corrected chi connectivity index (χ1v) is 7.89. The van der Waals surface area contributed by atoms with E-state index in [0.717, 1.165) is 6.07 Å². The van der Waals surface area contributed by atoms with Gasteiger partial charge in [0.05, 0.1) is 10.6 Å². The number of rotatable bonds is 5. The number of aliphatic hydroxyl groups is 1. The lowest BCUT2D eigenvalue weighted by Gasteiger charge is -2.24.